The molecule has 6 heteroatoms. The van der Waals surface area contributed by atoms with Crippen molar-refractivity contribution in [2.45, 2.75) is 19.3 Å². The highest BCUT2D eigenvalue weighted by molar-refractivity contribution is 9.10. The first kappa shape index (κ1) is 12.6. The number of nitro benzene ring substituents is 1. The van der Waals surface area contributed by atoms with E-state index in [-0.39, 0.29) is 11.3 Å². The third-order valence-electron chi connectivity index (χ3n) is 2.27. The molecule has 16 heavy (non-hydrogen) atoms. The van der Waals surface area contributed by atoms with Crippen molar-refractivity contribution in [2.24, 2.45) is 0 Å². The molecule has 1 N–H and O–H groups in total. The van der Waals surface area contributed by atoms with E-state index in [9.17, 15) is 14.9 Å². The molecule has 0 saturated carbocycles. The topological polar surface area (TPSA) is 80.4 Å². The molecular weight excluding hydrogens is 278 g/mol. The number of hydrogen-bond acceptors (Lipinski definition) is 3. The minimum Gasteiger partial charge on any atom is -0.481 e. The largest absolute Gasteiger partial charge is 0.481 e. The first-order chi connectivity index (χ1) is 7.47. The van der Waals surface area contributed by atoms with Crippen LogP contribution in [0.4, 0.5) is 5.69 Å². The molecule has 0 amide bonds. The van der Waals surface area contributed by atoms with Gasteiger partial charge in [0.25, 0.3) is 5.69 Å². The first-order valence-corrected chi connectivity index (χ1v) is 5.43. The summed E-state index contributed by atoms with van der Waals surface area (Å²) in [5, 5.41) is 19.8. The Bertz CT molecular complexity index is 433. The minimum absolute atomic E-state index is 0.163. The molecule has 1 aromatic carbocycles. The van der Waals surface area contributed by atoms with Crippen molar-refractivity contribution >= 4 is 27.6 Å². The van der Waals surface area contributed by atoms with Crippen molar-refractivity contribution in [3.63, 3.8) is 0 Å². The number of carboxylic acid groups (broad SMARTS) is 1. The minimum atomic E-state index is -1.05. The Morgan fingerprint density at radius 2 is 2.25 bits per heavy atom. The van der Waals surface area contributed by atoms with Gasteiger partial charge in [-0.3, -0.25) is 14.9 Å². The smallest absolute Gasteiger partial charge is 0.311 e. The van der Waals surface area contributed by atoms with Crippen molar-refractivity contribution < 1.29 is 14.8 Å². The van der Waals surface area contributed by atoms with E-state index in [1.807, 2.05) is 0 Å². The summed E-state index contributed by atoms with van der Waals surface area (Å²) in [6.45, 7) is 1.69. The predicted octanol–water partition coefficient (Wildman–Crippen LogP) is 2.94. The number of aliphatic carboxylic acids is 1. The molecule has 0 spiro atoms. The van der Waals surface area contributed by atoms with Crippen LogP contribution in [0.5, 0.6) is 0 Å². The van der Waals surface area contributed by atoms with Crippen LogP contribution in [-0.4, -0.2) is 16.0 Å². The van der Waals surface area contributed by atoms with Gasteiger partial charge in [0.2, 0.25) is 0 Å². The first-order valence-electron chi connectivity index (χ1n) is 4.64. The van der Waals surface area contributed by atoms with E-state index in [1.165, 1.54) is 12.1 Å². The van der Waals surface area contributed by atoms with Crippen molar-refractivity contribution in [3.8, 4) is 0 Å². The van der Waals surface area contributed by atoms with Gasteiger partial charge < -0.3 is 5.11 Å². The predicted molar refractivity (Wildman–Crippen MR) is 61.5 cm³/mol. The van der Waals surface area contributed by atoms with Gasteiger partial charge in [0.15, 0.2) is 0 Å². The quantitative estimate of drug-likeness (QED) is 0.682. The van der Waals surface area contributed by atoms with Crippen LogP contribution < -0.4 is 0 Å². The lowest BCUT2D eigenvalue weighted by molar-refractivity contribution is -0.385. The Labute approximate surface area is 100 Å². The molecule has 1 atom stereocenters. The van der Waals surface area contributed by atoms with Gasteiger partial charge in [-0.25, -0.2) is 0 Å². The lowest BCUT2D eigenvalue weighted by Crippen LogP contribution is -2.12. The molecule has 5 nitrogen and oxygen atoms in total. The summed E-state index contributed by atoms with van der Waals surface area (Å²) >= 11 is 3.12. The molecule has 0 aliphatic rings. The summed E-state index contributed by atoms with van der Waals surface area (Å²) in [7, 11) is 0. The number of nitrogens with zero attached hydrogens (tertiary/aromatic N) is 1. The fourth-order valence-electron chi connectivity index (χ4n) is 1.50. The second kappa shape index (κ2) is 5.07. The maximum Gasteiger partial charge on any atom is 0.311 e. The van der Waals surface area contributed by atoms with Gasteiger partial charge in [0.1, 0.15) is 0 Å². The van der Waals surface area contributed by atoms with Crippen LogP contribution in [-0.2, 0) is 4.79 Å². The zero-order chi connectivity index (χ0) is 12.3. The van der Waals surface area contributed by atoms with E-state index in [4.69, 9.17) is 5.11 Å². The lowest BCUT2D eigenvalue weighted by Gasteiger charge is -2.10. The summed E-state index contributed by atoms with van der Waals surface area (Å²) in [4.78, 5) is 21.2. The van der Waals surface area contributed by atoms with Gasteiger partial charge in [0, 0.05) is 16.1 Å². The molecule has 0 aliphatic carbocycles. The van der Waals surface area contributed by atoms with Gasteiger partial charge in [-0.1, -0.05) is 28.9 Å². The molecule has 0 aliphatic heterocycles. The van der Waals surface area contributed by atoms with Crippen molar-refractivity contribution in [3.05, 3.63) is 38.3 Å². The van der Waals surface area contributed by atoms with Crippen LogP contribution in [0.25, 0.3) is 0 Å². The fourth-order valence-corrected chi connectivity index (χ4v) is 1.85. The van der Waals surface area contributed by atoms with Gasteiger partial charge in [-0.05, 0) is 12.5 Å². The van der Waals surface area contributed by atoms with Gasteiger partial charge in [-0.15, -0.1) is 0 Å². The van der Waals surface area contributed by atoms with E-state index in [1.54, 1.807) is 13.0 Å². The highest BCUT2D eigenvalue weighted by Crippen LogP contribution is 2.31. The van der Waals surface area contributed by atoms with E-state index in [2.05, 4.69) is 15.9 Å². The van der Waals surface area contributed by atoms with Gasteiger partial charge >= 0.3 is 5.97 Å². The molecule has 1 rings (SSSR count). The van der Waals surface area contributed by atoms with Crippen molar-refractivity contribution in [2.75, 3.05) is 0 Å². The highest BCUT2D eigenvalue weighted by Gasteiger charge is 2.26. The summed E-state index contributed by atoms with van der Waals surface area (Å²) in [5.74, 6) is -1.89. The lowest BCUT2D eigenvalue weighted by atomic mass is 9.95. The number of rotatable bonds is 4. The van der Waals surface area contributed by atoms with Gasteiger partial charge in [0.05, 0.1) is 10.8 Å². The molecule has 0 saturated heterocycles. The zero-order valence-corrected chi connectivity index (χ0v) is 10.1. The Balaban J connectivity index is 3.31. The summed E-state index contributed by atoms with van der Waals surface area (Å²) < 4.78 is 0.559. The van der Waals surface area contributed by atoms with Crippen LogP contribution >= 0.6 is 15.9 Å². The normalized spacial score (nSPS) is 12.1. The number of nitro groups is 1. The summed E-state index contributed by atoms with van der Waals surface area (Å²) in [5.41, 5.74) is 0.0758. The van der Waals surface area contributed by atoms with Crippen molar-refractivity contribution in [1.29, 1.82) is 0 Å². The number of benzene rings is 1. The van der Waals surface area contributed by atoms with E-state index < -0.39 is 16.8 Å². The SMILES string of the molecule is CCC(C(=O)O)c1ccc(Br)cc1[N+](=O)[O-]. The standard InChI is InChI=1S/C10H10BrNO4/c1-2-7(10(13)14)8-4-3-6(11)5-9(8)12(15)16/h3-5,7H,2H2,1H3,(H,13,14). The number of halogens is 1. The average molecular weight is 288 g/mol. The molecule has 86 valence electrons. The maximum absolute atomic E-state index is 11.0. The van der Waals surface area contributed by atoms with Crippen LogP contribution in [0, 0.1) is 10.1 Å². The Hall–Kier alpha value is -1.43. The molecule has 0 bridgehead atoms. The fraction of sp³-hybridized carbons (Fsp3) is 0.300. The zero-order valence-electron chi connectivity index (χ0n) is 8.51. The van der Waals surface area contributed by atoms with E-state index >= 15 is 0 Å². The molecule has 1 aromatic rings. The molecular formula is C10H10BrNO4. The van der Waals surface area contributed by atoms with Crippen LogP contribution in [0.3, 0.4) is 0 Å². The molecule has 1 unspecified atom stereocenters. The summed E-state index contributed by atoms with van der Waals surface area (Å²) in [6.07, 6.45) is 0.317. The Morgan fingerprint density at radius 1 is 1.62 bits per heavy atom. The number of carboxylic acids is 1. The number of hydrogen-bond donors (Lipinski definition) is 1. The maximum atomic E-state index is 11.0. The van der Waals surface area contributed by atoms with E-state index in [0.717, 1.165) is 0 Å². The Kier molecular flexibility index (Phi) is 4.00. The number of carbonyl (C=O) groups is 1. The monoisotopic (exact) mass is 287 g/mol. The summed E-state index contributed by atoms with van der Waals surface area (Å²) in [6, 6.07) is 4.40. The molecule has 0 aromatic heterocycles. The van der Waals surface area contributed by atoms with Crippen LogP contribution in [0.2, 0.25) is 0 Å². The molecule has 0 fully saturated rings. The van der Waals surface area contributed by atoms with Crippen LogP contribution in [0.1, 0.15) is 24.8 Å². The Morgan fingerprint density at radius 3 is 2.69 bits per heavy atom. The molecule has 0 radical (unpaired) electrons. The average Bonchev–Trinajstić information content (AvgIpc) is 2.20. The second-order valence-corrected chi connectivity index (χ2v) is 4.17. The van der Waals surface area contributed by atoms with Crippen molar-refractivity contribution in [1.82, 2.24) is 0 Å². The third-order valence-corrected chi connectivity index (χ3v) is 2.76. The highest BCUT2D eigenvalue weighted by atomic mass is 79.9. The third kappa shape index (κ3) is 2.57. The van der Waals surface area contributed by atoms with E-state index in [0.29, 0.717) is 10.9 Å². The van der Waals surface area contributed by atoms with Crippen LogP contribution in [0.15, 0.2) is 22.7 Å². The van der Waals surface area contributed by atoms with Gasteiger partial charge in [-0.2, -0.15) is 0 Å². The second-order valence-electron chi connectivity index (χ2n) is 3.26. The molecule has 0 heterocycles.